The number of nitrogens with zero attached hydrogens (tertiary/aromatic N) is 1. The van der Waals surface area contributed by atoms with Crippen molar-refractivity contribution in [2.75, 3.05) is 6.61 Å². The van der Waals surface area contributed by atoms with E-state index in [0.717, 1.165) is 54.7 Å². The number of pyridine rings is 1. The second-order valence-electron chi connectivity index (χ2n) is 6.33. The first kappa shape index (κ1) is 16.0. The van der Waals surface area contributed by atoms with Gasteiger partial charge in [-0.3, -0.25) is 4.98 Å². The first-order chi connectivity index (χ1) is 11.3. The minimum Gasteiger partial charge on any atom is -0.494 e. The van der Waals surface area contributed by atoms with E-state index < -0.39 is 0 Å². The summed E-state index contributed by atoms with van der Waals surface area (Å²) < 4.78 is 5.80. The monoisotopic (exact) mass is 310 g/mol. The highest BCUT2D eigenvalue weighted by Gasteiger charge is 2.20. The zero-order valence-electron chi connectivity index (χ0n) is 14.1. The average molecular weight is 310 g/mol. The van der Waals surface area contributed by atoms with Crippen LogP contribution in [-0.2, 0) is 6.54 Å². The molecule has 0 aliphatic heterocycles. The lowest BCUT2D eigenvalue weighted by Crippen LogP contribution is -2.16. The molecule has 0 radical (unpaired) electrons. The molecule has 0 saturated heterocycles. The molecule has 0 amide bonds. The van der Waals surface area contributed by atoms with E-state index in [2.05, 4.69) is 43.4 Å². The molecule has 122 valence electrons. The number of ether oxygens (including phenoxy) is 1. The summed E-state index contributed by atoms with van der Waals surface area (Å²) in [6.07, 6.45) is 4.87. The molecule has 1 fully saturated rings. The number of unbranched alkanes of at least 4 members (excludes halogenated alkanes) is 1. The van der Waals surface area contributed by atoms with Gasteiger partial charge in [0.2, 0.25) is 0 Å². The van der Waals surface area contributed by atoms with Crippen LogP contribution in [0, 0.1) is 6.92 Å². The second-order valence-corrected chi connectivity index (χ2v) is 6.33. The van der Waals surface area contributed by atoms with Crippen LogP contribution in [0.3, 0.4) is 0 Å². The molecule has 0 unspecified atom stereocenters. The predicted octanol–water partition coefficient (Wildman–Crippen LogP) is 4.49. The Morgan fingerprint density at radius 2 is 2.09 bits per heavy atom. The zero-order chi connectivity index (χ0) is 16.1. The third-order valence-electron chi connectivity index (χ3n) is 4.25. The maximum atomic E-state index is 5.80. The highest BCUT2D eigenvalue weighted by Crippen LogP contribution is 2.24. The molecule has 1 saturated carbocycles. The van der Waals surface area contributed by atoms with Crippen molar-refractivity contribution in [3.8, 4) is 17.0 Å². The van der Waals surface area contributed by atoms with Crippen molar-refractivity contribution in [1.82, 2.24) is 10.3 Å². The molecule has 3 rings (SSSR count). The van der Waals surface area contributed by atoms with Crippen LogP contribution in [0.15, 0.2) is 36.4 Å². The van der Waals surface area contributed by atoms with Gasteiger partial charge in [0.25, 0.3) is 0 Å². The summed E-state index contributed by atoms with van der Waals surface area (Å²) in [5.41, 5.74) is 4.52. The first-order valence-electron chi connectivity index (χ1n) is 8.69. The Morgan fingerprint density at radius 1 is 1.22 bits per heavy atom. The summed E-state index contributed by atoms with van der Waals surface area (Å²) in [4.78, 5) is 4.78. The SMILES string of the molecule is CCCCOc1cccc(-c2ccc(CNC3CC3)c(C)n2)c1. The van der Waals surface area contributed by atoms with Gasteiger partial charge in [-0.05, 0) is 49.9 Å². The third kappa shape index (κ3) is 4.55. The van der Waals surface area contributed by atoms with E-state index in [1.165, 1.54) is 18.4 Å². The molecule has 0 bridgehead atoms. The molecular formula is C20H26N2O. The minimum atomic E-state index is 0.728. The van der Waals surface area contributed by atoms with Gasteiger partial charge in [0.1, 0.15) is 5.75 Å². The molecule has 0 atom stereocenters. The molecule has 3 heteroatoms. The summed E-state index contributed by atoms with van der Waals surface area (Å²) in [6.45, 7) is 5.96. The Balaban J connectivity index is 1.70. The van der Waals surface area contributed by atoms with Crippen molar-refractivity contribution in [2.24, 2.45) is 0 Å². The molecule has 3 nitrogen and oxygen atoms in total. The Hall–Kier alpha value is -1.87. The normalized spacial score (nSPS) is 14.0. The zero-order valence-corrected chi connectivity index (χ0v) is 14.1. The van der Waals surface area contributed by atoms with Crippen LogP contribution in [0.1, 0.15) is 43.9 Å². The van der Waals surface area contributed by atoms with E-state index in [4.69, 9.17) is 9.72 Å². The standard InChI is InChI=1S/C20H26N2O/c1-3-4-12-23-19-7-5-6-16(13-19)20-11-8-17(15(2)22-20)14-21-18-9-10-18/h5-8,11,13,18,21H,3-4,9-10,12,14H2,1-2H3. The Bertz CT molecular complexity index is 650. The van der Waals surface area contributed by atoms with Crippen molar-refractivity contribution in [3.63, 3.8) is 0 Å². The van der Waals surface area contributed by atoms with Crippen molar-refractivity contribution < 1.29 is 4.74 Å². The van der Waals surface area contributed by atoms with E-state index in [9.17, 15) is 0 Å². The Morgan fingerprint density at radius 3 is 2.83 bits per heavy atom. The molecule has 1 heterocycles. The van der Waals surface area contributed by atoms with Gasteiger partial charge in [0.15, 0.2) is 0 Å². The number of nitrogens with one attached hydrogen (secondary N) is 1. The van der Waals surface area contributed by atoms with E-state index in [0.29, 0.717) is 0 Å². The predicted molar refractivity (Wildman–Crippen MR) is 94.7 cm³/mol. The van der Waals surface area contributed by atoms with Gasteiger partial charge < -0.3 is 10.1 Å². The van der Waals surface area contributed by atoms with Crippen LogP contribution >= 0.6 is 0 Å². The smallest absolute Gasteiger partial charge is 0.119 e. The maximum absolute atomic E-state index is 5.80. The Kier molecular flexibility index (Phi) is 5.29. The Labute approximate surface area is 139 Å². The van der Waals surface area contributed by atoms with Crippen molar-refractivity contribution in [1.29, 1.82) is 0 Å². The third-order valence-corrected chi connectivity index (χ3v) is 4.25. The van der Waals surface area contributed by atoms with Crippen LogP contribution in [0.25, 0.3) is 11.3 Å². The van der Waals surface area contributed by atoms with Gasteiger partial charge in [-0.25, -0.2) is 0 Å². The number of hydrogen-bond acceptors (Lipinski definition) is 3. The molecule has 0 spiro atoms. The molecule has 1 aliphatic carbocycles. The number of aromatic nitrogens is 1. The van der Waals surface area contributed by atoms with Gasteiger partial charge in [-0.2, -0.15) is 0 Å². The van der Waals surface area contributed by atoms with Gasteiger partial charge in [-0.1, -0.05) is 31.5 Å². The van der Waals surface area contributed by atoms with E-state index in [1.807, 2.05) is 12.1 Å². The van der Waals surface area contributed by atoms with Gasteiger partial charge in [-0.15, -0.1) is 0 Å². The second kappa shape index (κ2) is 7.60. The minimum absolute atomic E-state index is 0.728. The number of hydrogen-bond donors (Lipinski definition) is 1. The van der Waals surface area contributed by atoms with Crippen LogP contribution in [0.5, 0.6) is 5.75 Å². The molecule has 1 aromatic carbocycles. The van der Waals surface area contributed by atoms with Gasteiger partial charge in [0, 0.05) is 23.8 Å². The van der Waals surface area contributed by atoms with Crippen LogP contribution in [0.4, 0.5) is 0 Å². The highest BCUT2D eigenvalue weighted by atomic mass is 16.5. The fourth-order valence-electron chi connectivity index (χ4n) is 2.56. The van der Waals surface area contributed by atoms with E-state index in [1.54, 1.807) is 0 Å². The van der Waals surface area contributed by atoms with E-state index in [-0.39, 0.29) is 0 Å². The number of benzene rings is 1. The summed E-state index contributed by atoms with van der Waals surface area (Å²) in [7, 11) is 0. The summed E-state index contributed by atoms with van der Waals surface area (Å²) in [5.74, 6) is 0.926. The largest absolute Gasteiger partial charge is 0.494 e. The molecule has 1 N–H and O–H groups in total. The summed E-state index contributed by atoms with van der Waals surface area (Å²) in [6, 6.07) is 13.3. The fourth-order valence-corrected chi connectivity index (χ4v) is 2.56. The maximum Gasteiger partial charge on any atom is 0.119 e. The van der Waals surface area contributed by atoms with Crippen molar-refractivity contribution in [3.05, 3.63) is 47.7 Å². The summed E-state index contributed by atoms with van der Waals surface area (Å²) >= 11 is 0. The first-order valence-corrected chi connectivity index (χ1v) is 8.69. The fraction of sp³-hybridized carbons (Fsp3) is 0.450. The van der Waals surface area contributed by atoms with Crippen LogP contribution in [-0.4, -0.2) is 17.6 Å². The van der Waals surface area contributed by atoms with Gasteiger partial charge in [0.05, 0.1) is 12.3 Å². The molecular weight excluding hydrogens is 284 g/mol. The van der Waals surface area contributed by atoms with Crippen LogP contribution in [0.2, 0.25) is 0 Å². The topological polar surface area (TPSA) is 34.1 Å². The van der Waals surface area contributed by atoms with E-state index >= 15 is 0 Å². The lowest BCUT2D eigenvalue weighted by Gasteiger charge is -2.10. The highest BCUT2D eigenvalue weighted by molar-refractivity contribution is 5.61. The number of rotatable bonds is 8. The number of aryl methyl sites for hydroxylation is 1. The molecule has 23 heavy (non-hydrogen) atoms. The quantitative estimate of drug-likeness (QED) is 0.730. The average Bonchev–Trinajstić information content (AvgIpc) is 3.39. The van der Waals surface area contributed by atoms with Crippen molar-refractivity contribution >= 4 is 0 Å². The van der Waals surface area contributed by atoms with Crippen molar-refractivity contribution in [2.45, 2.75) is 52.1 Å². The van der Waals surface area contributed by atoms with Gasteiger partial charge >= 0.3 is 0 Å². The molecule has 1 aliphatic rings. The lowest BCUT2D eigenvalue weighted by atomic mass is 10.1. The summed E-state index contributed by atoms with van der Waals surface area (Å²) in [5, 5.41) is 3.55. The molecule has 1 aromatic heterocycles. The lowest BCUT2D eigenvalue weighted by molar-refractivity contribution is 0.309. The molecule has 2 aromatic rings. The van der Waals surface area contributed by atoms with Crippen LogP contribution < -0.4 is 10.1 Å².